The van der Waals surface area contributed by atoms with Crippen LogP contribution >= 0.6 is 0 Å². The minimum atomic E-state index is -0.0427. The summed E-state index contributed by atoms with van der Waals surface area (Å²) in [5.41, 5.74) is 5.66. The molecule has 0 aliphatic carbocycles. The third-order valence-electron chi connectivity index (χ3n) is 2.93. The van der Waals surface area contributed by atoms with Crippen molar-refractivity contribution in [1.82, 2.24) is 19.9 Å². The van der Waals surface area contributed by atoms with E-state index in [-0.39, 0.29) is 11.3 Å². The third kappa shape index (κ3) is 4.44. The first-order valence-corrected chi connectivity index (χ1v) is 6.30. The van der Waals surface area contributed by atoms with E-state index in [0.717, 1.165) is 0 Å². The third-order valence-corrected chi connectivity index (χ3v) is 2.93. The van der Waals surface area contributed by atoms with Crippen molar-refractivity contribution in [1.29, 1.82) is 0 Å². The van der Waals surface area contributed by atoms with Crippen LogP contribution in [0.4, 0.5) is 0 Å². The second kappa shape index (κ2) is 6.49. The number of rotatable bonds is 7. The van der Waals surface area contributed by atoms with Gasteiger partial charge in [0.05, 0.1) is 12.7 Å². The molecule has 0 aromatic carbocycles. The van der Waals surface area contributed by atoms with Crippen molar-refractivity contribution in [2.45, 2.75) is 33.7 Å². The van der Waals surface area contributed by atoms with Gasteiger partial charge in [-0.3, -0.25) is 9.48 Å². The fourth-order valence-electron chi connectivity index (χ4n) is 1.68. The van der Waals surface area contributed by atoms with Crippen LogP contribution in [0.5, 0.6) is 0 Å². The predicted octanol–water partition coefficient (Wildman–Crippen LogP) is 0.502. The standard InChI is InChI=1S/C12H23N5O/c1-4-16(10-12(2,3)9-13)11(18)5-7-17-8-6-14-15-17/h6,8H,4-5,7,9-10,13H2,1-3H3. The Bertz CT molecular complexity index is 361. The first kappa shape index (κ1) is 14.6. The molecule has 1 aromatic heterocycles. The molecule has 0 bridgehead atoms. The van der Waals surface area contributed by atoms with Gasteiger partial charge in [-0.25, -0.2) is 0 Å². The van der Waals surface area contributed by atoms with E-state index in [9.17, 15) is 4.79 Å². The first-order valence-electron chi connectivity index (χ1n) is 6.30. The topological polar surface area (TPSA) is 77.0 Å². The summed E-state index contributed by atoms with van der Waals surface area (Å²) in [6, 6.07) is 0. The highest BCUT2D eigenvalue weighted by molar-refractivity contribution is 5.76. The maximum absolute atomic E-state index is 12.1. The van der Waals surface area contributed by atoms with Crippen molar-refractivity contribution in [2.24, 2.45) is 11.1 Å². The van der Waals surface area contributed by atoms with Crippen LogP contribution in [0.3, 0.4) is 0 Å². The molecule has 1 amide bonds. The van der Waals surface area contributed by atoms with Gasteiger partial charge in [-0.2, -0.15) is 0 Å². The van der Waals surface area contributed by atoms with Crippen LogP contribution < -0.4 is 5.73 Å². The summed E-state index contributed by atoms with van der Waals surface area (Å²) in [6.07, 6.45) is 3.81. The number of nitrogens with two attached hydrogens (primary N) is 1. The molecule has 1 aromatic rings. The Hall–Kier alpha value is -1.43. The molecule has 0 fully saturated rings. The van der Waals surface area contributed by atoms with E-state index >= 15 is 0 Å². The monoisotopic (exact) mass is 253 g/mol. The Balaban J connectivity index is 2.47. The lowest BCUT2D eigenvalue weighted by atomic mass is 9.93. The maximum Gasteiger partial charge on any atom is 0.224 e. The number of carbonyl (C=O) groups is 1. The molecule has 0 spiro atoms. The molecule has 18 heavy (non-hydrogen) atoms. The predicted molar refractivity (Wildman–Crippen MR) is 69.7 cm³/mol. The van der Waals surface area contributed by atoms with Gasteiger partial charge in [-0.1, -0.05) is 19.1 Å². The molecule has 6 heteroatoms. The smallest absolute Gasteiger partial charge is 0.224 e. The van der Waals surface area contributed by atoms with Crippen molar-refractivity contribution in [3.8, 4) is 0 Å². The fraction of sp³-hybridized carbons (Fsp3) is 0.750. The quantitative estimate of drug-likeness (QED) is 0.767. The summed E-state index contributed by atoms with van der Waals surface area (Å²) >= 11 is 0. The molecule has 2 N–H and O–H groups in total. The van der Waals surface area contributed by atoms with Crippen LogP contribution in [0, 0.1) is 5.41 Å². The Morgan fingerprint density at radius 2 is 2.22 bits per heavy atom. The molecule has 1 heterocycles. The minimum Gasteiger partial charge on any atom is -0.342 e. The first-order chi connectivity index (χ1) is 8.48. The molecule has 102 valence electrons. The number of amides is 1. The van der Waals surface area contributed by atoms with Crippen molar-refractivity contribution >= 4 is 5.91 Å². The summed E-state index contributed by atoms with van der Waals surface area (Å²) in [5, 5.41) is 7.55. The van der Waals surface area contributed by atoms with Gasteiger partial charge in [0, 0.05) is 25.7 Å². The molecule has 0 atom stereocenters. The van der Waals surface area contributed by atoms with E-state index in [1.807, 2.05) is 11.8 Å². The zero-order chi connectivity index (χ0) is 13.6. The molecule has 0 unspecified atom stereocenters. The molecule has 0 saturated heterocycles. The zero-order valence-electron chi connectivity index (χ0n) is 11.5. The number of aryl methyl sites for hydroxylation is 1. The molecule has 6 nitrogen and oxygen atoms in total. The Labute approximate surface area is 108 Å². The number of nitrogens with zero attached hydrogens (tertiary/aromatic N) is 4. The lowest BCUT2D eigenvalue weighted by Crippen LogP contribution is -2.42. The molecule has 1 rings (SSSR count). The second-order valence-electron chi connectivity index (χ2n) is 5.19. The van der Waals surface area contributed by atoms with E-state index in [1.54, 1.807) is 17.1 Å². The summed E-state index contributed by atoms with van der Waals surface area (Å²) in [5.74, 6) is 0.134. The lowest BCUT2D eigenvalue weighted by Gasteiger charge is -2.31. The van der Waals surface area contributed by atoms with Crippen LogP contribution in [0.25, 0.3) is 0 Å². The molecule has 0 radical (unpaired) electrons. The number of hydrogen-bond acceptors (Lipinski definition) is 4. The van der Waals surface area contributed by atoms with Gasteiger partial charge in [0.2, 0.25) is 5.91 Å². The van der Waals surface area contributed by atoms with Gasteiger partial charge in [0.25, 0.3) is 0 Å². The Morgan fingerprint density at radius 3 is 2.72 bits per heavy atom. The van der Waals surface area contributed by atoms with Crippen molar-refractivity contribution in [3.05, 3.63) is 12.4 Å². The molecule has 0 saturated carbocycles. The van der Waals surface area contributed by atoms with Gasteiger partial charge in [0.1, 0.15) is 0 Å². The second-order valence-corrected chi connectivity index (χ2v) is 5.19. The molecular formula is C12H23N5O. The summed E-state index contributed by atoms with van der Waals surface area (Å²) < 4.78 is 1.67. The van der Waals surface area contributed by atoms with Crippen LogP contribution in [-0.4, -0.2) is 45.4 Å². The highest BCUT2D eigenvalue weighted by Crippen LogP contribution is 2.15. The lowest BCUT2D eigenvalue weighted by molar-refractivity contribution is -0.132. The fourth-order valence-corrected chi connectivity index (χ4v) is 1.68. The van der Waals surface area contributed by atoms with Crippen molar-refractivity contribution in [3.63, 3.8) is 0 Å². The average Bonchev–Trinajstić information content (AvgIpc) is 2.86. The van der Waals surface area contributed by atoms with E-state index in [2.05, 4.69) is 24.2 Å². The Morgan fingerprint density at radius 1 is 1.50 bits per heavy atom. The normalized spacial score (nSPS) is 11.6. The van der Waals surface area contributed by atoms with Gasteiger partial charge >= 0.3 is 0 Å². The maximum atomic E-state index is 12.1. The van der Waals surface area contributed by atoms with Crippen LogP contribution in [0.2, 0.25) is 0 Å². The van der Waals surface area contributed by atoms with Crippen LogP contribution in [0.1, 0.15) is 27.2 Å². The van der Waals surface area contributed by atoms with E-state index in [4.69, 9.17) is 5.73 Å². The van der Waals surface area contributed by atoms with Crippen molar-refractivity contribution < 1.29 is 4.79 Å². The average molecular weight is 253 g/mol. The van der Waals surface area contributed by atoms with Crippen LogP contribution in [0.15, 0.2) is 12.4 Å². The summed E-state index contributed by atoms with van der Waals surface area (Å²) in [6.45, 7) is 8.66. The van der Waals surface area contributed by atoms with E-state index in [0.29, 0.717) is 32.6 Å². The summed E-state index contributed by atoms with van der Waals surface area (Å²) in [4.78, 5) is 13.9. The minimum absolute atomic E-state index is 0.0427. The highest BCUT2D eigenvalue weighted by Gasteiger charge is 2.22. The molecule has 0 aliphatic rings. The van der Waals surface area contributed by atoms with Gasteiger partial charge in [0.15, 0.2) is 0 Å². The summed E-state index contributed by atoms with van der Waals surface area (Å²) in [7, 11) is 0. The zero-order valence-corrected chi connectivity index (χ0v) is 11.5. The van der Waals surface area contributed by atoms with Crippen LogP contribution in [-0.2, 0) is 11.3 Å². The largest absolute Gasteiger partial charge is 0.342 e. The number of carbonyl (C=O) groups excluding carboxylic acids is 1. The van der Waals surface area contributed by atoms with Gasteiger partial charge < -0.3 is 10.6 Å². The van der Waals surface area contributed by atoms with Gasteiger partial charge in [-0.05, 0) is 18.9 Å². The molecule has 0 aliphatic heterocycles. The Kier molecular flexibility index (Phi) is 5.27. The van der Waals surface area contributed by atoms with E-state index in [1.165, 1.54) is 0 Å². The highest BCUT2D eigenvalue weighted by atomic mass is 16.2. The van der Waals surface area contributed by atoms with Crippen molar-refractivity contribution in [2.75, 3.05) is 19.6 Å². The van der Waals surface area contributed by atoms with Gasteiger partial charge in [-0.15, -0.1) is 5.10 Å². The van der Waals surface area contributed by atoms with E-state index < -0.39 is 0 Å². The number of aromatic nitrogens is 3. The number of hydrogen-bond donors (Lipinski definition) is 1. The molecular weight excluding hydrogens is 230 g/mol. The SMILES string of the molecule is CCN(CC(C)(C)CN)C(=O)CCn1ccnn1.